The van der Waals surface area contributed by atoms with Crippen LogP contribution < -0.4 is 10.9 Å². The van der Waals surface area contributed by atoms with Crippen LogP contribution in [0.5, 0.6) is 0 Å². The van der Waals surface area contributed by atoms with Gasteiger partial charge in [-0.25, -0.2) is 9.07 Å². The summed E-state index contributed by atoms with van der Waals surface area (Å²) in [5, 5.41) is 8.64. The van der Waals surface area contributed by atoms with Gasteiger partial charge in [-0.15, -0.1) is 11.3 Å². The van der Waals surface area contributed by atoms with Crippen LogP contribution in [-0.4, -0.2) is 15.7 Å². The van der Waals surface area contributed by atoms with Crippen molar-refractivity contribution >= 4 is 22.9 Å². The van der Waals surface area contributed by atoms with Gasteiger partial charge in [0.1, 0.15) is 17.6 Å². The van der Waals surface area contributed by atoms with E-state index in [-0.39, 0.29) is 5.69 Å². The van der Waals surface area contributed by atoms with Gasteiger partial charge in [-0.1, -0.05) is 18.2 Å². The third-order valence-corrected chi connectivity index (χ3v) is 4.37. The summed E-state index contributed by atoms with van der Waals surface area (Å²) in [5.74, 6) is -1.05. The van der Waals surface area contributed by atoms with Crippen molar-refractivity contribution in [3.8, 4) is 10.6 Å². The van der Waals surface area contributed by atoms with E-state index in [4.69, 9.17) is 0 Å². The lowest BCUT2D eigenvalue weighted by atomic mass is 10.2. The summed E-state index contributed by atoms with van der Waals surface area (Å²) in [6.45, 7) is 1.54. The summed E-state index contributed by atoms with van der Waals surface area (Å²) >= 11 is 1.49. The van der Waals surface area contributed by atoms with E-state index in [1.165, 1.54) is 35.6 Å². The number of thiophene rings is 1. The van der Waals surface area contributed by atoms with Crippen LogP contribution >= 0.6 is 11.3 Å². The highest BCUT2D eigenvalue weighted by molar-refractivity contribution is 7.13. The second-order valence-corrected chi connectivity index (χ2v) is 6.07. The molecule has 0 saturated carbocycles. The second kappa shape index (κ2) is 6.76. The Morgan fingerprint density at radius 1 is 1.21 bits per heavy atom. The molecule has 1 aromatic carbocycles. The highest BCUT2D eigenvalue weighted by atomic mass is 32.1. The van der Waals surface area contributed by atoms with Gasteiger partial charge in [0.15, 0.2) is 0 Å². The van der Waals surface area contributed by atoms with Crippen molar-refractivity contribution in [1.82, 2.24) is 9.78 Å². The molecule has 0 aliphatic heterocycles. The van der Waals surface area contributed by atoms with Crippen molar-refractivity contribution in [1.29, 1.82) is 0 Å². The first-order valence-electron chi connectivity index (χ1n) is 7.25. The lowest BCUT2D eigenvalue weighted by Gasteiger charge is -2.15. The van der Waals surface area contributed by atoms with Gasteiger partial charge in [0.05, 0.1) is 10.6 Å². The van der Waals surface area contributed by atoms with Gasteiger partial charge in [0, 0.05) is 6.07 Å². The molecule has 2 heterocycles. The van der Waals surface area contributed by atoms with Gasteiger partial charge >= 0.3 is 0 Å². The van der Waals surface area contributed by atoms with E-state index in [0.29, 0.717) is 5.69 Å². The van der Waals surface area contributed by atoms with Crippen molar-refractivity contribution in [3.05, 3.63) is 70.1 Å². The smallest absolute Gasteiger partial charge is 0.267 e. The molecule has 0 spiro atoms. The predicted molar refractivity (Wildman–Crippen MR) is 91.6 cm³/mol. The minimum Gasteiger partial charge on any atom is -0.322 e. The molecule has 5 nitrogen and oxygen atoms in total. The summed E-state index contributed by atoms with van der Waals surface area (Å²) in [4.78, 5) is 25.3. The van der Waals surface area contributed by atoms with E-state index in [1.54, 1.807) is 19.1 Å². The first-order chi connectivity index (χ1) is 11.6. The monoisotopic (exact) mass is 343 g/mol. The van der Waals surface area contributed by atoms with Gasteiger partial charge in [0.2, 0.25) is 5.91 Å². The van der Waals surface area contributed by atoms with Crippen LogP contribution in [0.15, 0.2) is 58.7 Å². The van der Waals surface area contributed by atoms with Crippen LogP contribution in [0.4, 0.5) is 10.1 Å². The SMILES string of the molecule is CC(C(=O)Nc1ccccc1F)n1nc(-c2cccs2)ccc1=O. The number of carbonyl (C=O) groups is 1. The minimum atomic E-state index is -0.878. The quantitative estimate of drug-likeness (QED) is 0.790. The molecule has 7 heteroatoms. The van der Waals surface area contributed by atoms with Gasteiger partial charge in [-0.05, 0) is 36.6 Å². The van der Waals surface area contributed by atoms with E-state index in [2.05, 4.69) is 10.4 Å². The van der Waals surface area contributed by atoms with Crippen LogP contribution in [0.1, 0.15) is 13.0 Å². The van der Waals surface area contributed by atoms with Crippen molar-refractivity contribution in [2.24, 2.45) is 0 Å². The maximum absolute atomic E-state index is 13.6. The minimum absolute atomic E-state index is 0.0665. The summed E-state index contributed by atoms with van der Waals surface area (Å²) in [5.41, 5.74) is 0.276. The zero-order chi connectivity index (χ0) is 17.1. The fourth-order valence-corrected chi connectivity index (χ4v) is 2.86. The molecule has 1 amide bonds. The number of amides is 1. The number of halogens is 1. The largest absolute Gasteiger partial charge is 0.322 e. The Bertz CT molecular complexity index is 922. The molecule has 1 atom stereocenters. The zero-order valence-corrected chi connectivity index (χ0v) is 13.6. The molecule has 0 bridgehead atoms. The van der Waals surface area contributed by atoms with Crippen LogP contribution in [0.3, 0.4) is 0 Å². The highest BCUT2D eigenvalue weighted by Gasteiger charge is 2.19. The van der Waals surface area contributed by atoms with Crippen LogP contribution in [-0.2, 0) is 4.79 Å². The molecule has 1 unspecified atom stereocenters. The molecule has 3 rings (SSSR count). The Balaban J connectivity index is 1.88. The number of para-hydroxylation sites is 1. The average Bonchev–Trinajstić information content (AvgIpc) is 3.11. The Hall–Kier alpha value is -2.80. The number of anilines is 1. The van der Waals surface area contributed by atoms with E-state index >= 15 is 0 Å². The summed E-state index contributed by atoms with van der Waals surface area (Å²) < 4.78 is 14.7. The lowest BCUT2D eigenvalue weighted by molar-refractivity contribution is -0.119. The van der Waals surface area contributed by atoms with Crippen LogP contribution in [0, 0.1) is 5.82 Å². The first kappa shape index (κ1) is 16.1. The summed E-state index contributed by atoms with van der Waals surface area (Å²) in [7, 11) is 0. The number of nitrogens with zero attached hydrogens (tertiary/aromatic N) is 2. The number of aromatic nitrogens is 2. The van der Waals surface area contributed by atoms with E-state index in [1.807, 2.05) is 17.5 Å². The Morgan fingerprint density at radius 3 is 2.71 bits per heavy atom. The van der Waals surface area contributed by atoms with Crippen LogP contribution in [0.2, 0.25) is 0 Å². The number of hydrogen-bond donors (Lipinski definition) is 1. The number of rotatable bonds is 4. The molecule has 0 fully saturated rings. The molecule has 3 aromatic rings. The van der Waals surface area contributed by atoms with Gasteiger partial charge < -0.3 is 5.32 Å². The van der Waals surface area contributed by atoms with E-state index in [0.717, 1.165) is 9.56 Å². The first-order valence-corrected chi connectivity index (χ1v) is 8.13. The van der Waals surface area contributed by atoms with E-state index < -0.39 is 23.3 Å². The highest BCUT2D eigenvalue weighted by Crippen LogP contribution is 2.22. The Kier molecular flexibility index (Phi) is 4.52. The van der Waals surface area contributed by atoms with Crippen LogP contribution in [0.25, 0.3) is 10.6 Å². The topological polar surface area (TPSA) is 64.0 Å². The number of benzene rings is 1. The molecular formula is C17H14FN3O2S. The normalized spacial score (nSPS) is 11.9. The molecular weight excluding hydrogens is 329 g/mol. The standard InChI is InChI=1S/C17H14FN3O2S/c1-11(17(23)19-13-6-3-2-5-12(13)18)21-16(22)9-8-14(20-21)15-7-4-10-24-15/h2-11H,1H3,(H,19,23). The molecule has 0 aliphatic rings. The molecule has 122 valence electrons. The van der Waals surface area contributed by atoms with Gasteiger partial charge in [-0.3, -0.25) is 9.59 Å². The van der Waals surface area contributed by atoms with Gasteiger partial charge in [0.25, 0.3) is 5.56 Å². The zero-order valence-electron chi connectivity index (χ0n) is 12.8. The molecule has 0 aliphatic carbocycles. The fourth-order valence-electron chi connectivity index (χ4n) is 2.17. The van der Waals surface area contributed by atoms with E-state index in [9.17, 15) is 14.0 Å². The average molecular weight is 343 g/mol. The van der Waals surface area contributed by atoms with Crippen molar-refractivity contribution in [3.63, 3.8) is 0 Å². The third kappa shape index (κ3) is 3.26. The van der Waals surface area contributed by atoms with Gasteiger partial charge in [-0.2, -0.15) is 5.10 Å². The van der Waals surface area contributed by atoms with Crippen molar-refractivity contribution in [2.45, 2.75) is 13.0 Å². The summed E-state index contributed by atoms with van der Waals surface area (Å²) in [6, 6.07) is 11.7. The summed E-state index contributed by atoms with van der Waals surface area (Å²) in [6.07, 6.45) is 0. The maximum atomic E-state index is 13.6. The van der Waals surface area contributed by atoms with Crippen molar-refractivity contribution < 1.29 is 9.18 Å². The maximum Gasteiger partial charge on any atom is 0.267 e. The molecule has 0 saturated heterocycles. The second-order valence-electron chi connectivity index (χ2n) is 5.12. The lowest BCUT2D eigenvalue weighted by Crippen LogP contribution is -2.33. The number of nitrogens with one attached hydrogen (secondary N) is 1. The molecule has 2 aromatic heterocycles. The Labute approximate surface area is 141 Å². The van der Waals surface area contributed by atoms with Crippen molar-refractivity contribution in [2.75, 3.05) is 5.32 Å². The Morgan fingerprint density at radius 2 is 2.00 bits per heavy atom. The number of carbonyl (C=O) groups excluding carboxylic acids is 1. The number of hydrogen-bond acceptors (Lipinski definition) is 4. The fraction of sp³-hybridized carbons (Fsp3) is 0.118. The molecule has 24 heavy (non-hydrogen) atoms. The predicted octanol–water partition coefficient (Wildman–Crippen LogP) is 3.31. The molecule has 1 N–H and O–H groups in total. The third-order valence-electron chi connectivity index (χ3n) is 3.48. The molecule has 0 radical (unpaired) electrons.